The van der Waals surface area contributed by atoms with E-state index in [0.717, 1.165) is 29.9 Å². The van der Waals surface area contributed by atoms with Crippen LogP contribution in [-0.2, 0) is 26.1 Å². The highest BCUT2D eigenvalue weighted by molar-refractivity contribution is 5.56. The number of nitrogens with one attached hydrogen (secondary N) is 2. The Hall–Kier alpha value is -6.04. The molecule has 0 aliphatic heterocycles. The average Bonchev–Trinajstić information content (AvgIpc) is 3.76. The fraction of sp³-hybridized carbons (Fsp3) is 0.176. The number of aryl methyl sites for hydroxylation is 2. The summed E-state index contributed by atoms with van der Waals surface area (Å²) >= 11 is 0. The number of hydrogen-bond acceptors (Lipinski definition) is 8. The van der Waals surface area contributed by atoms with Crippen LogP contribution in [0.4, 0.5) is 0 Å². The largest absolute Gasteiger partial charge is 0.487 e. The average molecular weight is 617 g/mol. The molecule has 4 aromatic heterocycles. The molecule has 7 rings (SSSR count). The van der Waals surface area contributed by atoms with Gasteiger partial charge >= 0.3 is 0 Å². The Labute approximate surface area is 263 Å². The van der Waals surface area contributed by atoms with E-state index in [-0.39, 0.29) is 24.3 Å². The van der Waals surface area contributed by atoms with E-state index < -0.39 is 0 Å². The molecule has 4 heterocycles. The van der Waals surface area contributed by atoms with Crippen molar-refractivity contribution in [3.05, 3.63) is 141 Å². The van der Waals surface area contributed by atoms with Crippen LogP contribution in [0.1, 0.15) is 36.4 Å². The molecule has 46 heavy (non-hydrogen) atoms. The van der Waals surface area contributed by atoms with Gasteiger partial charge in [0, 0.05) is 17.7 Å². The molecule has 7 aromatic rings. The van der Waals surface area contributed by atoms with Crippen LogP contribution in [0.5, 0.6) is 11.5 Å². The molecule has 12 heteroatoms. The first-order valence-electron chi connectivity index (χ1n) is 14.9. The van der Waals surface area contributed by atoms with Crippen LogP contribution >= 0.6 is 0 Å². The van der Waals surface area contributed by atoms with E-state index in [4.69, 9.17) is 9.47 Å². The monoisotopic (exact) mass is 616 g/mol. The summed E-state index contributed by atoms with van der Waals surface area (Å²) in [7, 11) is 0. The van der Waals surface area contributed by atoms with Gasteiger partial charge in [0.15, 0.2) is 5.82 Å². The van der Waals surface area contributed by atoms with E-state index in [0.29, 0.717) is 28.8 Å². The fourth-order valence-electron chi connectivity index (χ4n) is 4.63. The molecule has 0 aliphatic carbocycles. The first kappa shape index (κ1) is 30.0. The predicted octanol–water partition coefficient (Wildman–Crippen LogP) is 4.79. The van der Waals surface area contributed by atoms with Gasteiger partial charge in [0.1, 0.15) is 31.0 Å². The van der Waals surface area contributed by atoms with Crippen LogP contribution in [0.3, 0.4) is 0 Å². The van der Waals surface area contributed by atoms with Gasteiger partial charge in [-0.05, 0) is 48.2 Å². The van der Waals surface area contributed by atoms with Crippen molar-refractivity contribution in [2.75, 3.05) is 0 Å². The smallest absolute Gasteiger partial charge is 0.274 e. The zero-order chi connectivity index (χ0) is 31.9. The zero-order valence-electron chi connectivity index (χ0n) is 25.4. The predicted molar refractivity (Wildman–Crippen MR) is 173 cm³/mol. The van der Waals surface area contributed by atoms with E-state index in [1.165, 1.54) is 38.6 Å². The topological polar surface area (TPSA) is 145 Å². The van der Waals surface area contributed by atoms with Crippen LogP contribution in [0.2, 0.25) is 0 Å². The van der Waals surface area contributed by atoms with E-state index in [1.54, 1.807) is 0 Å². The Morgan fingerprint density at radius 1 is 0.652 bits per heavy atom. The Bertz CT molecular complexity index is 2170. The summed E-state index contributed by atoms with van der Waals surface area (Å²) in [4.78, 5) is 41.1. The lowest BCUT2D eigenvalue weighted by molar-refractivity contribution is 0.301. The van der Waals surface area contributed by atoms with Crippen molar-refractivity contribution in [1.29, 1.82) is 0 Å². The molecule has 0 bridgehead atoms. The lowest BCUT2D eigenvalue weighted by Crippen LogP contribution is -2.16. The number of H-pyrrole nitrogens is 2. The second-order valence-corrected chi connectivity index (χ2v) is 10.3. The number of ether oxygens (including phenoxy) is 2. The molecule has 12 nitrogen and oxygen atoms in total. The third kappa shape index (κ3) is 7.02. The molecule has 0 unspecified atom stereocenters. The molecule has 0 atom stereocenters. The number of fused-ring (bicyclic) bond motifs is 2. The molecule has 0 saturated carbocycles. The lowest BCUT2D eigenvalue weighted by Gasteiger charge is -2.06. The summed E-state index contributed by atoms with van der Waals surface area (Å²) in [6.07, 6.45) is 3.41. The summed E-state index contributed by atoms with van der Waals surface area (Å²) in [6, 6.07) is 28.3. The van der Waals surface area contributed by atoms with E-state index >= 15 is 0 Å². The molecular formula is C34H32N8O4. The Kier molecular flexibility index (Phi) is 8.95. The van der Waals surface area contributed by atoms with Crippen LogP contribution in [-0.4, -0.2) is 39.2 Å². The minimum Gasteiger partial charge on any atom is -0.487 e. The first-order chi connectivity index (χ1) is 22.5. The summed E-state index contributed by atoms with van der Waals surface area (Å²) in [5.74, 6) is 2.78. The minimum absolute atomic E-state index is 0.201. The quantitative estimate of drug-likeness (QED) is 0.236. The summed E-state index contributed by atoms with van der Waals surface area (Å²) in [5, 5.41) is 5.67. The van der Waals surface area contributed by atoms with Gasteiger partial charge in [0.2, 0.25) is 0 Å². The number of nitrogens with zero attached hydrogens (tertiary/aromatic N) is 6. The maximum absolute atomic E-state index is 12.3. The molecule has 0 radical (unpaired) electrons. The second-order valence-electron chi connectivity index (χ2n) is 10.3. The Morgan fingerprint density at radius 2 is 1.20 bits per heavy atom. The van der Waals surface area contributed by atoms with E-state index in [9.17, 15) is 9.59 Å². The van der Waals surface area contributed by atoms with Crippen LogP contribution in [0.25, 0.3) is 22.9 Å². The van der Waals surface area contributed by atoms with Crippen molar-refractivity contribution < 1.29 is 9.47 Å². The maximum atomic E-state index is 12.3. The van der Waals surface area contributed by atoms with Crippen LogP contribution in [0, 0.1) is 0 Å². The van der Waals surface area contributed by atoms with Crippen LogP contribution < -0.4 is 20.6 Å². The number of aromatic nitrogens is 8. The van der Waals surface area contributed by atoms with Gasteiger partial charge in [-0.2, -0.15) is 14.0 Å². The third-order valence-corrected chi connectivity index (χ3v) is 7.19. The molecule has 0 spiro atoms. The highest BCUT2D eigenvalue weighted by Crippen LogP contribution is 2.16. The van der Waals surface area contributed by atoms with Crippen molar-refractivity contribution in [2.24, 2.45) is 0 Å². The molecular weight excluding hydrogens is 584 g/mol. The van der Waals surface area contributed by atoms with Crippen molar-refractivity contribution in [2.45, 2.75) is 39.9 Å². The van der Waals surface area contributed by atoms with Gasteiger partial charge in [-0.25, -0.2) is 15.0 Å². The number of benzene rings is 3. The highest BCUT2D eigenvalue weighted by atomic mass is 16.5. The van der Waals surface area contributed by atoms with Crippen molar-refractivity contribution in [1.82, 2.24) is 39.2 Å². The Balaban J connectivity index is 0.000000167. The fourth-order valence-corrected chi connectivity index (χ4v) is 4.63. The molecule has 0 aliphatic rings. The van der Waals surface area contributed by atoms with Gasteiger partial charge in [-0.1, -0.05) is 68.4 Å². The molecule has 3 aromatic carbocycles. The lowest BCUT2D eigenvalue weighted by atomic mass is 10.2. The minimum atomic E-state index is -0.218. The van der Waals surface area contributed by atoms with Gasteiger partial charge in [-0.15, -0.1) is 0 Å². The molecule has 232 valence electrons. The van der Waals surface area contributed by atoms with Gasteiger partial charge in [0.25, 0.3) is 22.7 Å². The van der Waals surface area contributed by atoms with Crippen LogP contribution in [0.15, 0.2) is 107 Å². The summed E-state index contributed by atoms with van der Waals surface area (Å²) in [5.41, 5.74) is 4.08. The third-order valence-electron chi connectivity index (χ3n) is 7.19. The number of rotatable bonds is 9. The maximum Gasteiger partial charge on any atom is 0.274 e. The zero-order valence-corrected chi connectivity index (χ0v) is 25.4. The normalized spacial score (nSPS) is 10.9. The number of hydrogen-bond donors (Lipinski definition) is 2. The molecule has 2 N–H and O–H groups in total. The number of aromatic amines is 2. The first-order valence-corrected chi connectivity index (χ1v) is 14.9. The standard InChI is InChI=1S/C20H18N4O2.C14H14N4O2/c1-2-14-8-10-17(11-9-14)26-13-16-12-18(25)24-20(21-16)22-19(23-24)15-6-4-3-5-7-15;1-2-10-3-5-12(6-4-10)20-8-11-7-13(19)18-14(17-11)15-9-16-18/h3-12H,2,13H2,1H3,(H,21,22,23);3-7,9H,2,8H2,1H3,(H,15,16,17). The van der Waals surface area contributed by atoms with Crippen molar-refractivity contribution in [3.63, 3.8) is 0 Å². The SMILES string of the molecule is CCc1ccc(OCc2cc(=O)n3[nH]c(-c4ccccc4)nc3n2)cc1.CCc1ccc(OCc2cc(=O)n3[nH]cnc3n2)cc1. The van der Waals surface area contributed by atoms with Gasteiger partial charge in [0.05, 0.1) is 11.4 Å². The molecule has 0 fully saturated rings. The second kappa shape index (κ2) is 13.7. The van der Waals surface area contributed by atoms with Crippen molar-refractivity contribution >= 4 is 11.6 Å². The Morgan fingerprint density at radius 3 is 1.76 bits per heavy atom. The molecule has 0 saturated heterocycles. The highest BCUT2D eigenvalue weighted by Gasteiger charge is 2.10. The van der Waals surface area contributed by atoms with Gasteiger partial charge < -0.3 is 9.47 Å². The van der Waals surface area contributed by atoms with Gasteiger partial charge in [-0.3, -0.25) is 19.8 Å². The van der Waals surface area contributed by atoms with Crippen molar-refractivity contribution in [3.8, 4) is 22.9 Å². The summed E-state index contributed by atoms with van der Waals surface area (Å²) < 4.78 is 14.0. The summed E-state index contributed by atoms with van der Waals surface area (Å²) in [6.45, 7) is 4.66. The van der Waals surface area contributed by atoms with E-state index in [1.807, 2.05) is 78.9 Å². The molecule has 0 amide bonds. The van der Waals surface area contributed by atoms with E-state index in [2.05, 4.69) is 44.0 Å².